The summed E-state index contributed by atoms with van der Waals surface area (Å²) in [6, 6.07) is 0.844. The van der Waals surface area contributed by atoms with Crippen molar-refractivity contribution in [2.24, 2.45) is 7.05 Å². The molecule has 1 fully saturated rings. The van der Waals surface area contributed by atoms with Crippen LogP contribution in [0.1, 0.15) is 42.6 Å². The highest BCUT2D eigenvalue weighted by Crippen LogP contribution is 2.18. The standard InChI is InChI=1S/C15H28N4/c1-12-15(13(2)19(3)18-12)6-4-9-16-10-5-11-17-14-7-8-14/h14,16-17H,4-11H2,1-3H3. The third-order valence-corrected chi connectivity index (χ3v) is 3.98. The maximum atomic E-state index is 4.46. The van der Waals surface area contributed by atoms with Gasteiger partial charge in [0.05, 0.1) is 5.69 Å². The first-order valence-corrected chi connectivity index (χ1v) is 7.61. The minimum absolute atomic E-state index is 0.844. The summed E-state index contributed by atoms with van der Waals surface area (Å²) in [5.41, 5.74) is 3.93. The van der Waals surface area contributed by atoms with Crippen molar-refractivity contribution < 1.29 is 0 Å². The van der Waals surface area contributed by atoms with Crippen molar-refractivity contribution >= 4 is 0 Å². The zero-order valence-electron chi connectivity index (χ0n) is 12.6. The second kappa shape index (κ2) is 7.06. The van der Waals surface area contributed by atoms with E-state index >= 15 is 0 Å². The van der Waals surface area contributed by atoms with Gasteiger partial charge in [-0.1, -0.05) is 0 Å². The quantitative estimate of drug-likeness (QED) is 0.667. The molecule has 19 heavy (non-hydrogen) atoms. The van der Waals surface area contributed by atoms with Crippen molar-refractivity contribution in [1.82, 2.24) is 20.4 Å². The van der Waals surface area contributed by atoms with Gasteiger partial charge in [0.2, 0.25) is 0 Å². The van der Waals surface area contributed by atoms with Crippen molar-refractivity contribution in [3.05, 3.63) is 17.0 Å². The van der Waals surface area contributed by atoms with Crippen LogP contribution in [0.15, 0.2) is 0 Å². The predicted octanol–water partition coefficient (Wildman–Crippen LogP) is 1.70. The van der Waals surface area contributed by atoms with Crippen LogP contribution in [-0.4, -0.2) is 35.5 Å². The molecular weight excluding hydrogens is 236 g/mol. The average Bonchev–Trinajstić information content (AvgIpc) is 3.16. The summed E-state index contributed by atoms with van der Waals surface area (Å²) in [4.78, 5) is 0. The lowest BCUT2D eigenvalue weighted by Gasteiger charge is -2.06. The molecular formula is C15H28N4. The smallest absolute Gasteiger partial charge is 0.0628 e. The van der Waals surface area contributed by atoms with Gasteiger partial charge in [-0.15, -0.1) is 0 Å². The topological polar surface area (TPSA) is 41.9 Å². The van der Waals surface area contributed by atoms with E-state index < -0.39 is 0 Å². The van der Waals surface area contributed by atoms with Crippen LogP contribution in [0.25, 0.3) is 0 Å². The van der Waals surface area contributed by atoms with Crippen LogP contribution in [-0.2, 0) is 13.5 Å². The molecule has 1 saturated carbocycles. The molecule has 1 aromatic rings. The number of aryl methyl sites for hydroxylation is 2. The van der Waals surface area contributed by atoms with E-state index in [1.165, 1.54) is 49.2 Å². The summed E-state index contributed by atoms with van der Waals surface area (Å²) in [6.45, 7) is 7.67. The SMILES string of the molecule is Cc1nn(C)c(C)c1CCCNCCCNC1CC1. The van der Waals surface area contributed by atoms with Gasteiger partial charge in [-0.2, -0.15) is 5.10 Å². The molecule has 108 valence electrons. The van der Waals surface area contributed by atoms with Crippen LogP contribution in [0.2, 0.25) is 0 Å². The van der Waals surface area contributed by atoms with Crippen LogP contribution < -0.4 is 10.6 Å². The van der Waals surface area contributed by atoms with E-state index in [0.717, 1.165) is 25.6 Å². The molecule has 1 aromatic heterocycles. The van der Waals surface area contributed by atoms with Crippen molar-refractivity contribution in [2.45, 2.75) is 52.0 Å². The van der Waals surface area contributed by atoms with Gasteiger partial charge in [0, 0.05) is 18.8 Å². The van der Waals surface area contributed by atoms with Gasteiger partial charge in [-0.25, -0.2) is 0 Å². The molecule has 0 atom stereocenters. The summed E-state index contributed by atoms with van der Waals surface area (Å²) >= 11 is 0. The molecule has 0 aliphatic heterocycles. The number of hydrogen-bond acceptors (Lipinski definition) is 3. The molecule has 1 aliphatic rings. The minimum Gasteiger partial charge on any atom is -0.317 e. The van der Waals surface area contributed by atoms with E-state index in [1.54, 1.807) is 0 Å². The zero-order chi connectivity index (χ0) is 13.7. The highest BCUT2D eigenvalue weighted by atomic mass is 15.3. The number of nitrogens with one attached hydrogen (secondary N) is 2. The second-order valence-electron chi connectivity index (χ2n) is 5.71. The van der Waals surface area contributed by atoms with Crippen LogP contribution >= 0.6 is 0 Å². The van der Waals surface area contributed by atoms with E-state index in [4.69, 9.17) is 0 Å². The van der Waals surface area contributed by atoms with Gasteiger partial charge >= 0.3 is 0 Å². The fourth-order valence-electron chi connectivity index (χ4n) is 2.50. The Bertz CT molecular complexity index is 393. The predicted molar refractivity (Wildman–Crippen MR) is 79.5 cm³/mol. The molecule has 1 heterocycles. The summed E-state index contributed by atoms with van der Waals surface area (Å²) < 4.78 is 1.99. The Kier molecular flexibility index (Phi) is 5.40. The number of nitrogens with zero attached hydrogens (tertiary/aromatic N) is 2. The summed E-state index contributed by atoms with van der Waals surface area (Å²) in [5, 5.41) is 11.5. The second-order valence-corrected chi connectivity index (χ2v) is 5.71. The molecule has 1 aliphatic carbocycles. The normalized spacial score (nSPS) is 15.1. The molecule has 0 aromatic carbocycles. The van der Waals surface area contributed by atoms with Gasteiger partial charge in [0.25, 0.3) is 0 Å². The first-order chi connectivity index (χ1) is 9.18. The minimum atomic E-state index is 0.844. The summed E-state index contributed by atoms with van der Waals surface area (Å²) in [7, 11) is 2.02. The fraction of sp³-hybridized carbons (Fsp3) is 0.800. The monoisotopic (exact) mass is 264 g/mol. The molecule has 0 unspecified atom stereocenters. The summed E-state index contributed by atoms with van der Waals surface area (Å²) in [6.07, 6.45) is 6.35. The van der Waals surface area contributed by atoms with Crippen molar-refractivity contribution in [3.8, 4) is 0 Å². The molecule has 0 radical (unpaired) electrons. The van der Waals surface area contributed by atoms with E-state index in [2.05, 4.69) is 29.6 Å². The Balaban J connectivity index is 1.51. The first kappa shape index (κ1) is 14.5. The first-order valence-electron chi connectivity index (χ1n) is 7.61. The molecule has 0 saturated heterocycles. The highest BCUT2D eigenvalue weighted by Gasteiger charge is 2.19. The van der Waals surface area contributed by atoms with E-state index in [0.29, 0.717) is 0 Å². The Morgan fingerprint density at radius 1 is 1.16 bits per heavy atom. The third-order valence-electron chi connectivity index (χ3n) is 3.98. The molecule has 0 spiro atoms. The van der Waals surface area contributed by atoms with Crippen molar-refractivity contribution in [3.63, 3.8) is 0 Å². The Labute approximate surface area is 117 Å². The van der Waals surface area contributed by atoms with E-state index in [1.807, 2.05) is 11.7 Å². The van der Waals surface area contributed by atoms with Gasteiger partial charge in [-0.05, 0) is 71.1 Å². The van der Waals surface area contributed by atoms with E-state index in [-0.39, 0.29) is 0 Å². The van der Waals surface area contributed by atoms with Gasteiger partial charge in [0.15, 0.2) is 0 Å². The molecule has 0 amide bonds. The lowest BCUT2D eigenvalue weighted by atomic mass is 10.1. The molecule has 2 N–H and O–H groups in total. The molecule has 2 rings (SSSR count). The molecule has 4 nitrogen and oxygen atoms in total. The molecule has 0 bridgehead atoms. The fourth-order valence-corrected chi connectivity index (χ4v) is 2.50. The van der Waals surface area contributed by atoms with Crippen LogP contribution in [0.5, 0.6) is 0 Å². The molecule has 4 heteroatoms. The Morgan fingerprint density at radius 3 is 2.53 bits per heavy atom. The lowest BCUT2D eigenvalue weighted by molar-refractivity contribution is 0.582. The van der Waals surface area contributed by atoms with Crippen molar-refractivity contribution in [2.75, 3.05) is 19.6 Å². The maximum Gasteiger partial charge on any atom is 0.0628 e. The summed E-state index contributed by atoms with van der Waals surface area (Å²) in [5.74, 6) is 0. The van der Waals surface area contributed by atoms with E-state index in [9.17, 15) is 0 Å². The maximum absolute atomic E-state index is 4.46. The van der Waals surface area contributed by atoms with Crippen LogP contribution in [0.4, 0.5) is 0 Å². The van der Waals surface area contributed by atoms with Gasteiger partial charge in [-0.3, -0.25) is 4.68 Å². The van der Waals surface area contributed by atoms with Gasteiger partial charge < -0.3 is 10.6 Å². The number of hydrogen-bond donors (Lipinski definition) is 2. The number of aromatic nitrogens is 2. The van der Waals surface area contributed by atoms with Gasteiger partial charge in [0.1, 0.15) is 0 Å². The highest BCUT2D eigenvalue weighted by molar-refractivity contribution is 5.24. The Hall–Kier alpha value is -0.870. The zero-order valence-corrected chi connectivity index (χ0v) is 12.6. The largest absolute Gasteiger partial charge is 0.317 e. The lowest BCUT2D eigenvalue weighted by Crippen LogP contribution is -2.24. The van der Waals surface area contributed by atoms with Crippen LogP contribution in [0, 0.1) is 13.8 Å². The van der Waals surface area contributed by atoms with Crippen LogP contribution in [0.3, 0.4) is 0 Å². The number of rotatable bonds is 9. The average molecular weight is 264 g/mol. The third kappa shape index (κ3) is 4.62. The van der Waals surface area contributed by atoms with Crippen molar-refractivity contribution in [1.29, 1.82) is 0 Å². The Morgan fingerprint density at radius 2 is 1.89 bits per heavy atom.